The van der Waals surface area contributed by atoms with Gasteiger partial charge in [0.25, 0.3) is 11.8 Å². The van der Waals surface area contributed by atoms with Crippen LogP contribution in [0.2, 0.25) is 0 Å². The van der Waals surface area contributed by atoms with Crippen molar-refractivity contribution in [1.29, 1.82) is 5.26 Å². The number of hydrogen-bond donors (Lipinski definition) is 2. The van der Waals surface area contributed by atoms with Crippen molar-refractivity contribution >= 4 is 17.8 Å². The Labute approximate surface area is 116 Å². The van der Waals surface area contributed by atoms with E-state index in [0.29, 0.717) is 0 Å². The number of primary amides is 2. The van der Waals surface area contributed by atoms with E-state index in [-0.39, 0.29) is 11.3 Å². The Morgan fingerprint density at radius 2 is 1.80 bits per heavy atom. The summed E-state index contributed by atoms with van der Waals surface area (Å²) in [5.74, 6) is -2.47. The number of carbonyl (C=O) groups excluding carboxylic acids is 3. The van der Waals surface area contributed by atoms with Gasteiger partial charge in [0.1, 0.15) is 5.70 Å². The standard InChI is InChI=1S/C12H16N4O4/c1-7(17)20-10(12(15)19)8(6-13)4-5-9(11(14)18)16(2)3/h4-5,10H,1-3H3,(H2,14,18)(H2,15,19). The van der Waals surface area contributed by atoms with Crippen molar-refractivity contribution < 1.29 is 19.1 Å². The lowest BCUT2D eigenvalue weighted by Gasteiger charge is -2.14. The minimum Gasteiger partial charge on any atom is -0.447 e. The van der Waals surface area contributed by atoms with Crippen LogP contribution in [0.25, 0.3) is 0 Å². The lowest BCUT2D eigenvalue weighted by Crippen LogP contribution is -2.34. The molecule has 0 rings (SSSR count). The second kappa shape index (κ2) is 7.58. The number of allylic oxidation sites excluding steroid dienone is 2. The highest BCUT2D eigenvalue weighted by Crippen LogP contribution is 2.08. The highest BCUT2D eigenvalue weighted by atomic mass is 16.5. The summed E-state index contributed by atoms with van der Waals surface area (Å²) in [5, 5.41) is 8.97. The first kappa shape index (κ1) is 17.2. The number of amides is 2. The number of carbonyl (C=O) groups is 3. The number of hydrogen-bond acceptors (Lipinski definition) is 6. The van der Waals surface area contributed by atoms with Crippen LogP contribution in [0.15, 0.2) is 23.4 Å². The van der Waals surface area contributed by atoms with Crippen LogP contribution in [0.1, 0.15) is 6.92 Å². The summed E-state index contributed by atoms with van der Waals surface area (Å²) in [6, 6.07) is 1.69. The summed E-state index contributed by atoms with van der Waals surface area (Å²) < 4.78 is 4.65. The first-order valence-electron chi connectivity index (χ1n) is 5.46. The average Bonchev–Trinajstić information content (AvgIpc) is 2.30. The molecule has 0 aliphatic rings. The molecule has 0 fully saturated rings. The Bertz CT molecular complexity index is 514. The molecule has 0 aliphatic heterocycles. The third-order valence-corrected chi connectivity index (χ3v) is 2.11. The number of nitrogens with zero attached hydrogens (tertiary/aromatic N) is 2. The zero-order valence-corrected chi connectivity index (χ0v) is 11.4. The van der Waals surface area contributed by atoms with Crippen LogP contribution >= 0.6 is 0 Å². The highest BCUT2D eigenvalue weighted by molar-refractivity contribution is 5.91. The maximum absolute atomic E-state index is 11.2. The largest absolute Gasteiger partial charge is 0.447 e. The van der Waals surface area contributed by atoms with E-state index in [1.807, 2.05) is 0 Å². The quantitative estimate of drug-likeness (QED) is 0.270. The van der Waals surface area contributed by atoms with Gasteiger partial charge in [0, 0.05) is 21.0 Å². The Morgan fingerprint density at radius 3 is 2.10 bits per heavy atom. The van der Waals surface area contributed by atoms with Crippen LogP contribution in [0, 0.1) is 11.3 Å². The fourth-order valence-corrected chi connectivity index (χ4v) is 1.24. The van der Waals surface area contributed by atoms with E-state index in [2.05, 4.69) is 4.74 Å². The van der Waals surface area contributed by atoms with Gasteiger partial charge in [-0.3, -0.25) is 14.4 Å². The SMILES string of the molecule is CC(=O)OC(C(N)=O)C(C#N)=CC=C(C(N)=O)N(C)C. The van der Waals surface area contributed by atoms with Gasteiger partial charge in [-0.05, 0) is 12.2 Å². The smallest absolute Gasteiger partial charge is 0.303 e. The van der Waals surface area contributed by atoms with Crippen molar-refractivity contribution in [3.8, 4) is 6.07 Å². The molecule has 0 radical (unpaired) electrons. The summed E-state index contributed by atoms with van der Waals surface area (Å²) in [4.78, 5) is 34.6. The molecule has 0 saturated carbocycles. The van der Waals surface area contributed by atoms with E-state index in [1.54, 1.807) is 20.2 Å². The first-order valence-corrected chi connectivity index (χ1v) is 5.46. The predicted molar refractivity (Wildman–Crippen MR) is 69.4 cm³/mol. The van der Waals surface area contributed by atoms with Crippen LogP contribution in [-0.4, -0.2) is 42.9 Å². The Morgan fingerprint density at radius 1 is 1.25 bits per heavy atom. The molecule has 0 bridgehead atoms. The predicted octanol–water partition coefficient (Wildman–Crippen LogP) is -1.22. The number of nitriles is 1. The fourth-order valence-electron chi connectivity index (χ4n) is 1.24. The molecular weight excluding hydrogens is 264 g/mol. The molecule has 0 aromatic heterocycles. The molecule has 108 valence electrons. The topological polar surface area (TPSA) is 140 Å². The molecule has 20 heavy (non-hydrogen) atoms. The summed E-state index contributed by atoms with van der Waals surface area (Å²) >= 11 is 0. The molecular formula is C12H16N4O4. The minimum atomic E-state index is -1.51. The van der Waals surface area contributed by atoms with Crippen molar-refractivity contribution in [3.05, 3.63) is 23.4 Å². The number of rotatable bonds is 6. The molecule has 0 saturated heterocycles. The second-order valence-corrected chi connectivity index (χ2v) is 3.94. The molecule has 2 amide bonds. The van der Waals surface area contributed by atoms with Crippen molar-refractivity contribution in [3.63, 3.8) is 0 Å². The van der Waals surface area contributed by atoms with Gasteiger partial charge in [0.05, 0.1) is 11.6 Å². The van der Waals surface area contributed by atoms with E-state index >= 15 is 0 Å². The van der Waals surface area contributed by atoms with Gasteiger partial charge in [-0.15, -0.1) is 0 Å². The molecule has 1 atom stereocenters. The van der Waals surface area contributed by atoms with E-state index in [0.717, 1.165) is 13.0 Å². The van der Waals surface area contributed by atoms with Gasteiger partial charge in [-0.25, -0.2) is 0 Å². The maximum atomic E-state index is 11.2. The van der Waals surface area contributed by atoms with E-state index in [1.165, 1.54) is 11.0 Å². The van der Waals surface area contributed by atoms with Gasteiger partial charge in [-0.2, -0.15) is 5.26 Å². The van der Waals surface area contributed by atoms with Gasteiger partial charge < -0.3 is 21.1 Å². The van der Waals surface area contributed by atoms with Crippen molar-refractivity contribution in [1.82, 2.24) is 4.90 Å². The second-order valence-electron chi connectivity index (χ2n) is 3.94. The van der Waals surface area contributed by atoms with E-state index in [9.17, 15) is 14.4 Å². The molecule has 0 aliphatic carbocycles. The van der Waals surface area contributed by atoms with Crippen LogP contribution < -0.4 is 11.5 Å². The average molecular weight is 280 g/mol. The monoisotopic (exact) mass is 280 g/mol. The minimum absolute atomic E-state index is 0.101. The van der Waals surface area contributed by atoms with Crippen LogP contribution in [0.5, 0.6) is 0 Å². The normalized spacial score (nSPS) is 13.1. The third kappa shape index (κ3) is 5.22. The Balaban J connectivity index is 5.53. The fraction of sp³-hybridized carbons (Fsp3) is 0.333. The molecule has 4 N–H and O–H groups in total. The third-order valence-electron chi connectivity index (χ3n) is 2.11. The zero-order chi connectivity index (χ0) is 15.9. The highest BCUT2D eigenvalue weighted by Gasteiger charge is 2.23. The Hall–Kier alpha value is -2.82. The van der Waals surface area contributed by atoms with E-state index < -0.39 is 23.9 Å². The number of ether oxygens (including phenoxy) is 1. The summed E-state index contributed by atoms with van der Waals surface area (Å²) in [6.07, 6.45) is 0.878. The molecule has 0 aromatic rings. The van der Waals surface area contributed by atoms with E-state index in [4.69, 9.17) is 16.7 Å². The zero-order valence-electron chi connectivity index (χ0n) is 11.4. The molecule has 8 heteroatoms. The first-order chi connectivity index (χ1) is 9.20. The van der Waals surface area contributed by atoms with Gasteiger partial charge in [0.15, 0.2) is 0 Å². The van der Waals surface area contributed by atoms with Crippen molar-refractivity contribution in [2.75, 3.05) is 14.1 Å². The molecule has 0 aromatic carbocycles. The molecule has 0 spiro atoms. The summed E-state index contributed by atoms with van der Waals surface area (Å²) in [5.41, 5.74) is 10.1. The van der Waals surface area contributed by atoms with Crippen molar-refractivity contribution in [2.45, 2.75) is 13.0 Å². The molecule has 0 heterocycles. The molecule has 1 unspecified atom stereocenters. The van der Waals surface area contributed by atoms with Crippen LogP contribution in [-0.2, 0) is 19.1 Å². The lowest BCUT2D eigenvalue weighted by atomic mass is 10.1. The van der Waals surface area contributed by atoms with Gasteiger partial charge in [0.2, 0.25) is 6.10 Å². The Kier molecular flexibility index (Phi) is 6.51. The maximum Gasteiger partial charge on any atom is 0.303 e. The number of nitrogens with two attached hydrogens (primary N) is 2. The van der Waals surface area contributed by atoms with Crippen LogP contribution in [0.3, 0.4) is 0 Å². The molecule has 8 nitrogen and oxygen atoms in total. The van der Waals surface area contributed by atoms with Gasteiger partial charge >= 0.3 is 5.97 Å². The number of likely N-dealkylation sites (N-methyl/N-ethyl adjacent to an activating group) is 1. The van der Waals surface area contributed by atoms with Crippen molar-refractivity contribution in [2.24, 2.45) is 11.5 Å². The lowest BCUT2D eigenvalue weighted by molar-refractivity contribution is -0.150. The van der Waals surface area contributed by atoms with Crippen LogP contribution in [0.4, 0.5) is 0 Å². The summed E-state index contributed by atoms with van der Waals surface area (Å²) in [7, 11) is 3.15. The van der Waals surface area contributed by atoms with Gasteiger partial charge in [-0.1, -0.05) is 0 Å². The summed E-state index contributed by atoms with van der Waals surface area (Å²) in [6.45, 7) is 1.08. The number of esters is 1.